The molecule has 1 aliphatic heterocycles. The van der Waals surface area contributed by atoms with Crippen LogP contribution in [0.25, 0.3) is 0 Å². The molecule has 2 heterocycles. The van der Waals surface area contributed by atoms with E-state index in [1.165, 1.54) is 18.3 Å². The molecule has 1 fully saturated rings. The fourth-order valence-electron chi connectivity index (χ4n) is 2.27. The van der Waals surface area contributed by atoms with E-state index in [2.05, 4.69) is 4.98 Å². The molecule has 0 atom stereocenters. The quantitative estimate of drug-likeness (QED) is 0.824. The van der Waals surface area contributed by atoms with E-state index in [9.17, 15) is 27.2 Å². The summed E-state index contributed by atoms with van der Waals surface area (Å²) in [6.07, 6.45) is -2.62. The van der Waals surface area contributed by atoms with Crippen LogP contribution in [0.15, 0.2) is 18.3 Å². The number of nitrogens with zero attached hydrogens (tertiary/aromatic N) is 3. The molecule has 0 unspecified atom stereocenters. The van der Waals surface area contributed by atoms with Crippen LogP contribution in [0.4, 0.5) is 23.4 Å². The molecule has 126 valence electrons. The highest BCUT2D eigenvalue weighted by atomic mass is 19.3. The van der Waals surface area contributed by atoms with Crippen molar-refractivity contribution in [3.63, 3.8) is 0 Å². The molecule has 0 spiro atoms. The highest BCUT2D eigenvalue weighted by Gasteiger charge is 2.51. The van der Waals surface area contributed by atoms with Crippen LogP contribution in [-0.4, -0.2) is 60.2 Å². The van der Waals surface area contributed by atoms with E-state index in [1.54, 1.807) is 4.90 Å². The first-order valence-electron chi connectivity index (χ1n) is 6.70. The smallest absolute Gasteiger partial charge is 0.365 e. The maximum atomic E-state index is 13.1. The topological polar surface area (TPSA) is 79.5 Å². The van der Waals surface area contributed by atoms with E-state index in [0.29, 0.717) is 4.90 Å². The number of primary amides is 1. The number of hydrogen-bond donors (Lipinski definition) is 1. The number of rotatable bonds is 4. The summed E-state index contributed by atoms with van der Waals surface area (Å²) in [5, 5.41) is 0. The number of alkyl halides is 4. The summed E-state index contributed by atoms with van der Waals surface area (Å²) >= 11 is 0. The molecule has 2 N–H and O–H groups in total. The summed E-state index contributed by atoms with van der Waals surface area (Å²) in [6.45, 7) is -0.226. The largest absolute Gasteiger partial charge is 0.383 e. The molecule has 0 radical (unpaired) electrons. The fraction of sp³-hybridized carbons (Fsp3) is 0.462. The number of nitrogens with two attached hydrogens (primary N) is 1. The van der Waals surface area contributed by atoms with Gasteiger partial charge in [-0.25, -0.2) is 13.8 Å². The minimum Gasteiger partial charge on any atom is -0.365 e. The second-order valence-corrected chi connectivity index (χ2v) is 4.94. The van der Waals surface area contributed by atoms with Gasteiger partial charge in [0.25, 0.3) is 11.8 Å². The van der Waals surface area contributed by atoms with Gasteiger partial charge in [0, 0.05) is 32.4 Å². The van der Waals surface area contributed by atoms with Gasteiger partial charge in [-0.15, -0.1) is 0 Å². The number of carbonyl (C=O) groups excluding carboxylic acids is 2. The molecule has 1 aromatic rings. The molecule has 2 rings (SSSR count). The van der Waals surface area contributed by atoms with Gasteiger partial charge in [0.1, 0.15) is 5.82 Å². The van der Waals surface area contributed by atoms with Crippen molar-refractivity contribution in [3.8, 4) is 0 Å². The molecule has 0 saturated carbocycles. The Labute approximate surface area is 128 Å². The molecule has 1 aromatic heterocycles. The highest BCUT2D eigenvalue weighted by molar-refractivity contribution is 5.97. The third-order valence-electron chi connectivity index (χ3n) is 3.48. The summed E-state index contributed by atoms with van der Waals surface area (Å²) < 4.78 is 50.6. The van der Waals surface area contributed by atoms with Crippen LogP contribution in [0.2, 0.25) is 0 Å². The Bertz CT molecular complexity index is 603. The normalized spacial score (nSPS) is 15.9. The van der Waals surface area contributed by atoms with Crippen LogP contribution < -0.4 is 10.6 Å². The number of hydrogen-bond acceptors (Lipinski definition) is 4. The predicted octanol–water partition coefficient (Wildman–Crippen LogP) is 0.730. The number of aromatic nitrogens is 1. The van der Waals surface area contributed by atoms with Gasteiger partial charge < -0.3 is 15.5 Å². The first-order chi connectivity index (χ1) is 10.7. The standard InChI is InChI=1S/C13H14F4N4O2/c14-11(15)13(16,17)12(23)21-6-4-20(5-7-21)10-8(9(18)22)2-1-3-19-10/h1-3,11H,4-7H2,(H2,18,22). The van der Waals surface area contributed by atoms with E-state index < -0.39 is 24.2 Å². The summed E-state index contributed by atoms with van der Waals surface area (Å²) in [4.78, 5) is 29.1. The van der Waals surface area contributed by atoms with Crippen molar-refractivity contribution in [3.05, 3.63) is 23.9 Å². The van der Waals surface area contributed by atoms with Gasteiger partial charge in [-0.2, -0.15) is 8.78 Å². The van der Waals surface area contributed by atoms with E-state index >= 15 is 0 Å². The second kappa shape index (κ2) is 6.39. The summed E-state index contributed by atoms with van der Waals surface area (Å²) in [5.41, 5.74) is 5.39. The first kappa shape index (κ1) is 17.0. The van der Waals surface area contributed by atoms with Crippen molar-refractivity contribution < 1.29 is 27.2 Å². The summed E-state index contributed by atoms with van der Waals surface area (Å²) in [5.74, 6) is -7.03. The SMILES string of the molecule is NC(=O)c1cccnc1N1CCN(C(=O)C(F)(F)C(F)F)CC1. The number of piperazine rings is 1. The lowest BCUT2D eigenvalue weighted by molar-refractivity contribution is -0.180. The summed E-state index contributed by atoms with van der Waals surface area (Å²) in [7, 11) is 0. The third-order valence-corrected chi connectivity index (χ3v) is 3.48. The van der Waals surface area contributed by atoms with E-state index in [1.807, 2.05) is 0 Å². The van der Waals surface area contributed by atoms with Crippen molar-refractivity contribution in [1.29, 1.82) is 0 Å². The van der Waals surface area contributed by atoms with E-state index in [0.717, 1.165) is 0 Å². The molecule has 0 bridgehead atoms. The fourth-order valence-corrected chi connectivity index (χ4v) is 2.27. The van der Waals surface area contributed by atoms with Crippen LogP contribution in [0.3, 0.4) is 0 Å². The number of anilines is 1. The number of amides is 2. The number of carbonyl (C=O) groups is 2. The Morgan fingerprint density at radius 3 is 2.35 bits per heavy atom. The van der Waals surface area contributed by atoms with Crippen molar-refractivity contribution in [2.75, 3.05) is 31.1 Å². The third kappa shape index (κ3) is 3.35. The lowest BCUT2D eigenvalue weighted by Crippen LogP contribution is -2.55. The van der Waals surface area contributed by atoms with Gasteiger partial charge in [0.2, 0.25) is 0 Å². The average molecular weight is 334 g/mol. The van der Waals surface area contributed by atoms with E-state index in [-0.39, 0.29) is 37.6 Å². The molecular formula is C13H14F4N4O2. The zero-order chi connectivity index (χ0) is 17.2. The molecule has 0 aliphatic carbocycles. The highest BCUT2D eigenvalue weighted by Crippen LogP contribution is 2.26. The molecular weight excluding hydrogens is 320 g/mol. The minimum atomic E-state index is -4.70. The average Bonchev–Trinajstić information content (AvgIpc) is 2.54. The molecule has 23 heavy (non-hydrogen) atoms. The van der Waals surface area contributed by atoms with Crippen molar-refractivity contribution >= 4 is 17.6 Å². The molecule has 6 nitrogen and oxygen atoms in total. The molecule has 0 aromatic carbocycles. The zero-order valence-corrected chi connectivity index (χ0v) is 11.9. The van der Waals surface area contributed by atoms with Gasteiger partial charge in [0.15, 0.2) is 0 Å². The molecule has 10 heteroatoms. The van der Waals surface area contributed by atoms with Gasteiger partial charge in [-0.1, -0.05) is 0 Å². The van der Waals surface area contributed by atoms with Crippen LogP contribution in [0, 0.1) is 0 Å². The Morgan fingerprint density at radius 1 is 1.22 bits per heavy atom. The molecule has 2 amide bonds. The Hall–Kier alpha value is -2.39. The van der Waals surface area contributed by atoms with Gasteiger partial charge >= 0.3 is 12.3 Å². The van der Waals surface area contributed by atoms with Gasteiger partial charge in [-0.05, 0) is 12.1 Å². The first-order valence-corrected chi connectivity index (χ1v) is 6.70. The Balaban J connectivity index is 2.08. The lowest BCUT2D eigenvalue weighted by atomic mass is 10.2. The maximum absolute atomic E-state index is 13.1. The van der Waals surface area contributed by atoms with Crippen LogP contribution in [0.1, 0.15) is 10.4 Å². The lowest BCUT2D eigenvalue weighted by Gasteiger charge is -2.37. The van der Waals surface area contributed by atoms with Gasteiger partial charge in [-0.3, -0.25) is 9.59 Å². The maximum Gasteiger partial charge on any atom is 0.383 e. The van der Waals surface area contributed by atoms with Crippen LogP contribution in [0.5, 0.6) is 0 Å². The van der Waals surface area contributed by atoms with Crippen molar-refractivity contribution in [2.45, 2.75) is 12.3 Å². The number of halogens is 4. The van der Waals surface area contributed by atoms with Crippen LogP contribution in [-0.2, 0) is 4.79 Å². The van der Waals surface area contributed by atoms with Crippen LogP contribution >= 0.6 is 0 Å². The zero-order valence-electron chi connectivity index (χ0n) is 11.9. The monoisotopic (exact) mass is 334 g/mol. The van der Waals surface area contributed by atoms with Crippen molar-refractivity contribution in [2.24, 2.45) is 5.73 Å². The summed E-state index contributed by atoms with van der Waals surface area (Å²) in [6, 6.07) is 2.99. The molecule has 1 aliphatic rings. The Morgan fingerprint density at radius 2 is 1.83 bits per heavy atom. The molecule has 1 saturated heterocycles. The number of pyridine rings is 1. The predicted molar refractivity (Wildman–Crippen MR) is 72.5 cm³/mol. The van der Waals surface area contributed by atoms with Crippen molar-refractivity contribution in [1.82, 2.24) is 9.88 Å². The van der Waals surface area contributed by atoms with E-state index in [4.69, 9.17) is 5.73 Å². The van der Waals surface area contributed by atoms with Gasteiger partial charge in [0.05, 0.1) is 5.56 Å². The Kier molecular flexibility index (Phi) is 4.71. The minimum absolute atomic E-state index is 0.0718. The second-order valence-electron chi connectivity index (χ2n) is 4.94.